The predicted octanol–water partition coefficient (Wildman–Crippen LogP) is 2.84. The van der Waals surface area contributed by atoms with Crippen LogP contribution in [0.15, 0.2) is 24.3 Å². The molecule has 0 bridgehead atoms. The summed E-state index contributed by atoms with van der Waals surface area (Å²) in [5.41, 5.74) is 6.31. The predicted molar refractivity (Wildman–Crippen MR) is 66.0 cm³/mol. The fourth-order valence-electron chi connectivity index (χ4n) is 0.945. The third-order valence-corrected chi connectivity index (χ3v) is 3.89. The van der Waals surface area contributed by atoms with Crippen molar-refractivity contribution in [1.29, 1.82) is 0 Å². The zero-order valence-electron chi connectivity index (χ0n) is 8.79. The summed E-state index contributed by atoms with van der Waals surface area (Å²) in [6.45, 7) is 3.63. The number of hydrogen-bond acceptors (Lipinski definition) is 2. The van der Waals surface area contributed by atoms with Crippen LogP contribution >= 0.6 is 23.4 Å². The average molecular weight is 244 g/mol. The topological polar surface area (TPSA) is 43.1 Å². The lowest BCUT2D eigenvalue weighted by atomic mass is 10.2. The van der Waals surface area contributed by atoms with Gasteiger partial charge in [-0.05, 0) is 25.5 Å². The maximum atomic E-state index is 11.1. The summed E-state index contributed by atoms with van der Waals surface area (Å²) in [6, 6.07) is 7.61. The lowest BCUT2D eigenvalue weighted by Gasteiger charge is -2.19. The van der Waals surface area contributed by atoms with E-state index in [-0.39, 0.29) is 5.91 Å². The Hall–Kier alpha value is -0.670. The monoisotopic (exact) mass is 243 g/mol. The molecule has 1 rings (SSSR count). The molecule has 0 aliphatic rings. The van der Waals surface area contributed by atoms with E-state index in [4.69, 9.17) is 17.3 Å². The van der Waals surface area contributed by atoms with Gasteiger partial charge in [0.15, 0.2) is 0 Å². The van der Waals surface area contributed by atoms with Gasteiger partial charge in [-0.2, -0.15) is 0 Å². The summed E-state index contributed by atoms with van der Waals surface area (Å²) in [5, 5.41) is 0.727. The molecule has 0 saturated heterocycles. The van der Waals surface area contributed by atoms with Crippen LogP contribution in [-0.2, 0) is 10.5 Å². The Kier molecular flexibility index (Phi) is 4.05. The third kappa shape index (κ3) is 3.43. The first-order valence-corrected chi connectivity index (χ1v) is 5.97. The van der Waals surface area contributed by atoms with Crippen LogP contribution in [0.25, 0.3) is 0 Å². The highest BCUT2D eigenvalue weighted by molar-refractivity contribution is 8.00. The second-order valence-electron chi connectivity index (χ2n) is 3.75. The highest BCUT2D eigenvalue weighted by Gasteiger charge is 2.25. The van der Waals surface area contributed by atoms with Crippen LogP contribution in [0.3, 0.4) is 0 Å². The van der Waals surface area contributed by atoms with Crippen molar-refractivity contribution in [2.45, 2.75) is 24.3 Å². The first-order chi connectivity index (χ1) is 6.93. The Morgan fingerprint density at radius 3 is 2.60 bits per heavy atom. The summed E-state index contributed by atoms with van der Waals surface area (Å²) >= 11 is 7.50. The minimum Gasteiger partial charge on any atom is -0.368 e. The number of primary amides is 1. The van der Waals surface area contributed by atoms with Crippen LogP contribution in [0.4, 0.5) is 0 Å². The van der Waals surface area contributed by atoms with Crippen molar-refractivity contribution in [3.05, 3.63) is 34.9 Å². The van der Waals surface area contributed by atoms with E-state index >= 15 is 0 Å². The fraction of sp³-hybridized carbons (Fsp3) is 0.364. The molecule has 0 heterocycles. The lowest BCUT2D eigenvalue weighted by Crippen LogP contribution is -2.34. The van der Waals surface area contributed by atoms with Crippen molar-refractivity contribution in [3.8, 4) is 0 Å². The number of hydrogen-bond donors (Lipinski definition) is 1. The summed E-state index contributed by atoms with van der Waals surface area (Å²) in [5.74, 6) is 0.384. The number of carbonyl (C=O) groups is 1. The molecule has 0 aromatic heterocycles. The smallest absolute Gasteiger partial charge is 0.233 e. The first-order valence-electron chi connectivity index (χ1n) is 4.61. The molecule has 0 saturated carbocycles. The second kappa shape index (κ2) is 4.90. The minimum atomic E-state index is -0.556. The SMILES string of the molecule is CC(C)(SCc1ccccc1Cl)C(N)=O. The summed E-state index contributed by atoms with van der Waals surface area (Å²) in [7, 11) is 0. The molecular formula is C11H14ClNOS. The third-order valence-electron chi connectivity index (χ3n) is 2.14. The van der Waals surface area contributed by atoms with E-state index in [9.17, 15) is 4.79 Å². The van der Waals surface area contributed by atoms with Crippen LogP contribution in [0.5, 0.6) is 0 Å². The van der Waals surface area contributed by atoms with E-state index in [1.807, 2.05) is 38.1 Å². The van der Waals surface area contributed by atoms with Gasteiger partial charge in [0.25, 0.3) is 0 Å². The maximum Gasteiger partial charge on any atom is 0.233 e. The highest BCUT2D eigenvalue weighted by Crippen LogP contribution is 2.30. The number of carbonyl (C=O) groups excluding carboxylic acids is 1. The minimum absolute atomic E-state index is 0.306. The summed E-state index contributed by atoms with van der Waals surface area (Å²) in [4.78, 5) is 11.1. The second-order valence-corrected chi connectivity index (χ2v) is 5.76. The van der Waals surface area contributed by atoms with Crippen molar-refractivity contribution in [2.75, 3.05) is 0 Å². The molecule has 0 atom stereocenters. The molecule has 0 spiro atoms. The Balaban J connectivity index is 2.66. The average Bonchev–Trinajstić information content (AvgIpc) is 2.16. The van der Waals surface area contributed by atoms with Gasteiger partial charge in [-0.25, -0.2) is 0 Å². The zero-order valence-corrected chi connectivity index (χ0v) is 10.4. The van der Waals surface area contributed by atoms with Gasteiger partial charge < -0.3 is 5.73 Å². The number of benzene rings is 1. The van der Waals surface area contributed by atoms with Gasteiger partial charge in [-0.1, -0.05) is 29.8 Å². The lowest BCUT2D eigenvalue weighted by molar-refractivity contribution is -0.119. The standard InChI is InChI=1S/C11H14ClNOS/c1-11(2,10(13)14)15-7-8-5-3-4-6-9(8)12/h3-6H,7H2,1-2H3,(H2,13,14). The highest BCUT2D eigenvalue weighted by atomic mass is 35.5. The molecule has 1 aromatic rings. The Morgan fingerprint density at radius 2 is 2.07 bits per heavy atom. The molecule has 0 aliphatic heterocycles. The van der Waals surface area contributed by atoms with Gasteiger partial charge in [-0.3, -0.25) is 4.79 Å². The Bertz CT molecular complexity index is 365. The quantitative estimate of drug-likeness (QED) is 0.884. The van der Waals surface area contributed by atoms with Gasteiger partial charge in [0.1, 0.15) is 0 Å². The molecule has 1 amide bonds. The maximum absolute atomic E-state index is 11.1. The van der Waals surface area contributed by atoms with E-state index in [1.165, 1.54) is 11.8 Å². The van der Waals surface area contributed by atoms with Crippen molar-refractivity contribution in [2.24, 2.45) is 5.73 Å². The number of halogens is 1. The Morgan fingerprint density at radius 1 is 1.47 bits per heavy atom. The number of nitrogens with two attached hydrogens (primary N) is 1. The molecule has 0 radical (unpaired) electrons. The van der Waals surface area contributed by atoms with Gasteiger partial charge in [-0.15, -0.1) is 11.8 Å². The number of rotatable bonds is 4. The van der Waals surface area contributed by atoms with E-state index in [0.29, 0.717) is 5.75 Å². The van der Waals surface area contributed by atoms with Gasteiger partial charge >= 0.3 is 0 Å². The Labute approximate surface area is 99.2 Å². The van der Waals surface area contributed by atoms with E-state index in [2.05, 4.69) is 0 Å². The van der Waals surface area contributed by atoms with Crippen LogP contribution in [0.1, 0.15) is 19.4 Å². The molecule has 0 fully saturated rings. The number of amides is 1. The largest absolute Gasteiger partial charge is 0.368 e. The van der Waals surface area contributed by atoms with Crippen molar-refractivity contribution in [3.63, 3.8) is 0 Å². The molecule has 0 aliphatic carbocycles. The molecule has 4 heteroatoms. The molecule has 2 nitrogen and oxygen atoms in total. The van der Waals surface area contributed by atoms with Crippen molar-refractivity contribution >= 4 is 29.3 Å². The number of thioether (sulfide) groups is 1. The molecule has 0 unspecified atom stereocenters. The van der Waals surface area contributed by atoms with E-state index in [1.54, 1.807) is 0 Å². The zero-order chi connectivity index (χ0) is 11.5. The first kappa shape index (κ1) is 12.4. The van der Waals surface area contributed by atoms with E-state index in [0.717, 1.165) is 10.6 Å². The molecular weight excluding hydrogens is 230 g/mol. The molecule has 2 N–H and O–H groups in total. The van der Waals surface area contributed by atoms with Gasteiger partial charge in [0.05, 0.1) is 4.75 Å². The molecule has 82 valence electrons. The van der Waals surface area contributed by atoms with Gasteiger partial charge in [0, 0.05) is 10.8 Å². The van der Waals surface area contributed by atoms with Crippen LogP contribution in [-0.4, -0.2) is 10.7 Å². The van der Waals surface area contributed by atoms with Crippen LogP contribution in [0, 0.1) is 0 Å². The normalized spacial score (nSPS) is 11.4. The summed E-state index contributed by atoms with van der Waals surface area (Å²) < 4.78 is -0.556. The van der Waals surface area contributed by atoms with Gasteiger partial charge in [0.2, 0.25) is 5.91 Å². The van der Waals surface area contributed by atoms with Crippen LogP contribution in [0.2, 0.25) is 5.02 Å². The van der Waals surface area contributed by atoms with Crippen LogP contribution < -0.4 is 5.73 Å². The van der Waals surface area contributed by atoms with Crippen molar-refractivity contribution in [1.82, 2.24) is 0 Å². The summed E-state index contributed by atoms with van der Waals surface area (Å²) in [6.07, 6.45) is 0. The fourth-order valence-corrected chi connectivity index (χ4v) is 2.14. The molecule has 15 heavy (non-hydrogen) atoms. The van der Waals surface area contributed by atoms with Crippen molar-refractivity contribution < 1.29 is 4.79 Å². The molecule has 1 aromatic carbocycles. The van der Waals surface area contributed by atoms with E-state index < -0.39 is 4.75 Å².